The Balaban J connectivity index is 1.70. The van der Waals surface area contributed by atoms with Crippen LogP contribution in [0.15, 0.2) is 24.3 Å². The maximum atomic E-state index is 14.0. The zero-order chi connectivity index (χ0) is 35.8. The molecule has 0 atom stereocenters. The highest BCUT2D eigenvalue weighted by Gasteiger charge is 2.29. The summed E-state index contributed by atoms with van der Waals surface area (Å²) in [6, 6.07) is 3.19. The van der Waals surface area contributed by atoms with Crippen molar-refractivity contribution in [2.24, 2.45) is 0 Å². The monoisotopic (exact) mass is 690 g/mol. The Bertz CT molecular complexity index is 1850. The first-order chi connectivity index (χ1) is 22.5. The van der Waals surface area contributed by atoms with E-state index >= 15 is 0 Å². The molecule has 2 amide bonds. The van der Waals surface area contributed by atoms with E-state index in [0.717, 1.165) is 24.3 Å². The van der Waals surface area contributed by atoms with Crippen molar-refractivity contribution in [3.63, 3.8) is 0 Å². The molecule has 0 radical (unpaired) electrons. The Hall–Kier alpha value is -5.68. The van der Waals surface area contributed by atoms with Crippen molar-refractivity contribution in [3.05, 3.63) is 116 Å². The van der Waals surface area contributed by atoms with Crippen LogP contribution in [0.25, 0.3) is 10.8 Å². The number of carboxylic acids is 2. The molecule has 8 nitrogen and oxygen atoms in total. The van der Waals surface area contributed by atoms with Gasteiger partial charge in [0.15, 0.2) is 46.5 Å². The van der Waals surface area contributed by atoms with E-state index in [1.165, 1.54) is 0 Å². The van der Waals surface area contributed by atoms with Crippen molar-refractivity contribution >= 4 is 34.5 Å². The molecule has 4 aromatic rings. The molecular weight excluding hydrogens is 674 g/mol. The van der Waals surface area contributed by atoms with E-state index < -0.39 is 152 Å². The van der Waals surface area contributed by atoms with Gasteiger partial charge in [-0.3, -0.25) is 9.59 Å². The fraction of sp³-hybridized carbons (Fsp3) is 0.133. The van der Waals surface area contributed by atoms with Crippen molar-refractivity contribution in [2.75, 3.05) is 13.1 Å². The van der Waals surface area contributed by atoms with E-state index in [9.17, 15) is 73.3 Å². The number of carboxylic acid groups (broad SMARTS) is 2. The lowest BCUT2D eigenvalue weighted by atomic mass is 9.90. The number of carbonyl (C=O) groups is 4. The number of hydrogen-bond donors (Lipinski definition) is 4. The van der Waals surface area contributed by atoms with Gasteiger partial charge in [0.2, 0.25) is 11.6 Å². The average molecular weight is 690 g/mol. The summed E-state index contributed by atoms with van der Waals surface area (Å²) in [7, 11) is 0. The van der Waals surface area contributed by atoms with Crippen LogP contribution in [0.1, 0.15) is 52.6 Å². The van der Waals surface area contributed by atoms with Gasteiger partial charge in [0, 0.05) is 46.1 Å². The summed E-state index contributed by atoms with van der Waals surface area (Å²) in [4.78, 5) is 50.3. The molecule has 0 aromatic heterocycles. The Kier molecular flexibility index (Phi) is 9.96. The second-order valence-electron chi connectivity index (χ2n) is 9.79. The SMILES string of the molecule is O=C(O)c1ccc(C(=O)O)c2c(C(=O)NCCc3c(F)c(F)c(F)c(F)c3F)ccc(C(=O)NCCc3c(F)c(F)c(F)c(F)c3F)c12. The van der Waals surface area contributed by atoms with Crippen LogP contribution in [0.4, 0.5) is 43.9 Å². The minimum Gasteiger partial charge on any atom is -0.478 e. The van der Waals surface area contributed by atoms with E-state index in [1.54, 1.807) is 0 Å². The number of hydrogen-bond acceptors (Lipinski definition) is 4. The van der Waals surface area contributed by atoms with E-state index in [4.69, 9.17) is 0 Å². The first kappa shape index (κ1) is 35.2. The van der Waals surface area contributed by atoms with Gasteiger partial charge in [0.05, 0.1) is 11.1 Å². The molecular formula is C30H16F10N2O6. The first-order valence-electron chi connectivity index (χ1n) is 13.1. The maximum Gasteiger partial charge on any atom is 0.336 e. The maximum absolute atomic E-state index is 14.0. The van der Waals surface area contributed by atoms with E-state index in [0.29, 0.717) is 0 Å². The number of amides is 2. The highest BCUT2D eigenvalue weighted by atomic mass is 19.2. The lowest BCUT2D eigenvalue weighted by molar-refractivity contribution is 0.0684. The third kappa shape index (κ3) is 6.19. The molecule has 0 spiro atoms. The van der Waals surface area contributed by atoms with Crippen LogP contribution >= 0.6 is 0 Å². The molecule has 48 heavy (non-hydrogen) atoms. The predicted molar refractivity (Wildman–Crippen MR) is 142 cm³/mol. The first-order valence-corrected chi connectivity index (χ1v) is 13.1. The van der Waals surface area contributed by atoms with Crippen LogP contribution < -0.4 is 10.6 Å². The van der Waals surface area contributed by atoms with Crippen molar-refractivity contribution in [1.82, 2.24) is 10.6 Å². The number of halogens is 10. The Morgan fingerprint density at radius 1 is 0.438 bits per heavy atom. The lowest BCUT2D eigenvalue weighted by Gasteiger charge is -2.16. The fourth-order valence-corrected chi connectivity index (χ4v) is 4.76. The highest BCUT2D eigenvalue weighted by molar-refractivity contribution is 6.23. The van der Waals surface area contributed by atoms with Gasteiger partial charge < -0.3 is 20.8 Å². The molecule has 0 heterocycles. The molecule has 0 aliphatic rings. The topological polar surface area (TPSA) is 133 Å². The van der Waals surface area contributed by atoms with Crippen LogP contribution in [0, 0.1) is 58.2 Å². The van der Waals surface area contributed by atoms with E-state index in [1.807, 2.05) is 0 Å². The molecule has 0 saturated carbocycles. The van der Waals surface area contributed by atoms with Crippen molar-refractivity contribution < 1.29 is 73.3 Å². The molecule has 0 unspecified atom stereocenters. The molecule has 18 heteroatoms. The zero-order valence-corrected chi connectivity index (χ0v) is 23.4. The van der Waals surface area contributed by atoms with Gasteiger partial charge >= 0.3 is 11.9 Å². The fourth-order valence-electron chi connectivity index (χ4n) is 4.76. The van der Waals surface area contributed by atoms with E-state index in [-0.39, 0.29) is 0 Å². The van der Waals surface area contributed by atoms with Crippen LogP contribution in [-0.2, 0) is 12.8 Å². The normalized spacial score (nSPS) is 11.1. The molecule has 4 N–H and O–H groups in total. The predicted octanol–water partition coefficient (Wildman–Crippen LogP) is 5.57. The molecule has 0 bridgehead atoms. The summed E-state index contributed by atoms with van der Waals surface area (Å²) in [5.74, 6) is -28.4. The molecule has 4 aromatic carbocycles. The number of aromatic carboxylic acids is 2. The highest BCUT2D eigenvalue weighted by Crippen LogP contribution is 2.31. The Morgan fingerprint density at radius 2 is 0.688 bits per heavy atom. The van der Waals surface area contributed by atoms with Gasteiger partial charge in [-0.05, 0) is 37.1 Å². The molecule has 4 rings (SSSR count). The van der Waals surface area contributed by atoms with Gasteiger partial charge in [-0.15, -0.1) is 0 Å². The smallest absolute Gasteiger partial charge is 0.336 e. The van der Waals surface area contributed by atoms with Gasteiger partial charge in [0.1, 0.15) is 0 Å². The third-order valence-electron chi connectivity index (χ3n) is 7.03. The summed E-state index contributed by atoms with van der Waals surface area (Å²) in [6.07, 6.45) is -1.91. The van der Waals surface area contributed by atoms with Crippen molar-refractivity contribution in [2.45, 2.75) is 12.8 Å². The number of carbonyl (C=O) groups excluding carboxylic acids is 2. The third-order valence-corrected chi connectivity index (χ3v) is 7.03. The minimum atomic E-state index is -2.42. The summed E-state index contributed by atoms with van der Waals surface area (Å²) in [6.45, 7) is -1.58. The quantitative estimate of drug-likeness (QED) is 0.0978. The van der Waals surface area contributed by atoms with Crippen LogP contribution in [0.3, 0.4) is 0 Å². The summed E-state index contributed by atoms with van der Waals surface area (Å²) in [5.41, 5.74) is -5.30. The minimum absolute atomic E-state index is 0.624. The van der Waals surface area contributed by atoms with Crippen LogP contribution in [0.2, 0.25) is 0 Å². The van der Waals surface area contributed by atoms with Gasteiger partial charge in [-0.25, -0.2) is 53.5 Å². The second-order valence-corrected chi connectivity index (χ2v) is 9.79. The average Bonchev–Trinajstić information content (AvgIpc) is 3.06. The number of benzene rings is 4. The van der Waals surface area contributed by atoms with Crippen LogP contribution in [-0.4, -0.2) is 47.1 Å². The van der Waals surface area contributed by atoms with Gasteiger partial charge in [-0.1, -0.05) is 0 Å². The second kappa shape index (κ2) is 13.6. The lowest BCUT2D eigenvalue weighted by Crippen LogP contribution is -2.29. The summed E-state index contributed by atoms with van der Waals surface area (Å²) < 4.78 is 137. The molecule has 0 saturated heterocycles. The number of nitrogens with one attached hydrogen (secondary N) is 2. The molecule has 0 aliphatic carbocycles. The van der Waals surface area contributed by atoms with Gasteiger partial charge in [0.25, 0.3) is 11.8 Å². The van der Waals surface area contributed by atoms with Crippen LogP contribution in [0.5, 0.6) is 0 Å². The van der Waals surface area contributed by atoms with Gasteiger partial charge in [-0.2, -0.15) is 0 Å². The molecule has 0 aliphatic heterocycles. The largest absolute Gasteiger partial charge is 0.478 e. The molecule has 252 valence electrons. The van der Waals surface area contributed by atoms with Crippen molar-refractivity contribution in [1.29, 1.82) is 0 Å². The summed E-state index contributed by atoms with van der Waals surface area (Å²) in [5, 5.41) is 22.4. The number of fused-ring (bicyclic) bond motifs is 1. The zero-order valence-electron chi connectivity index (χ0n) is 23.4. The number of rotatable bonds is 10. The Morgan fingerprint density at radius 3 is 0.958 bits per heavy atom. The standard InChI is InChI=1S/C30H16F10N2O6/c31-17-13(18(32)22(36)25(39)21(17)35)5-7-41-27(43)9-1-2-10(16-12(30(47)48)4-3-11(15(9)16)29(45)46)28(44)42-8-6-14-19(33)23(37)26(40)24(38)20(14)34/h1-4H,5-8H2,(H,41,43)(H,42,44)(H,45,46)(H,47,48). The molecule has 0 fully saturated rings. The summed E-state index contributed by atoms with van der Waals surface area (Å²) >= 11 is 0. The van der Waals surface area contributed by atoms with E-state index in [2.05, 4.69) is 10.6 Å². The van der Waals surface area contributed by atoms with Crippen molar-refractivity contribution in [3.8, 4) is 0 Å². The Labute approximate surface area is 260 Å².